The van der Waals surface area contributed by atoms with E-state index in [-0.39, 0.29) is 11.3 Å². The van der Waals surface area contributed by atoms with Crippen LogP contribution in [0.15, 0.2) is 48.7 Å². The van der Waals surface area contributed by atoms with Crippen LogP contribution in [0.25, 0.3) is 5.76 Å². The number of Topliss-reactive ketones (excluding diaryl/α,β-unsaturated/α-hetero) is 1. The third-order valence-corrected chi connectivity index (χ3v) is 5.63. The third-order valence-electron chi connectivity index (χ3n) is 5.63. The van der Waals surface area contributed by atoms with Crippen molar-refractivity contribution in [1.82, 2.24) is 29.2 Å². The van der Waals surface area contributed by atoms with E-state index in [1.165, 1.54) is 4.90 Å². The Balaban J connectivity index is 1.76. The molecule has 160 valence electrons. The summed E-state index contributed by atoms with van der Waals surface area (Å²) in [4.78, 5) is 35.9. The molecule has 1 saturated heterocycles. The van der Waals surface area contributed by atoms with Crippen LogP contribution in [0.2, 0.25) is 0 Å². The number of carbonyl (C=O) groups is 2. The number of hydrogen-bond donors (Lipinski definition) is 1. The lowest BCUT2D eigenvalue weighted by Crippen LogP contribution is -2.31. The molecule has 3 aromatic heterocycles. The van der Waals surface area contributed by atoms with Crippen LogP contribution in [0, 0.1) is 13.8 Å². The number of amides is 1. The second-order valence-corrected chi connectivity index (χ2v) is 7.57. The van der Waals surface area contributed by atoms with E-state index >= 15 is 0 Å². The third kappa shape index (κ3) is 3.63. The summed E-state index contributed by atoms with van der Waals surface area (Å²) in [5, 5.41) is 15.5. The first-order chi connectivity index (χ1) is 14.9. The lowest BCUT2D eigenvalue weighted by atomic mass is 9.97. The predicted octanol–water partition coefficient (Wildman–Crippen LogP) is 2.14. The van der Waals surface area contributed by atoms with E-state index < -0.39 is 17.7 Å². The van der Waals surface area contributed by atoms with Crippen LogP contribution < -0.4 is 0 Å². The predicted molar refractivity (Wildman–Crippen MR) is 113 cm³/mol. The van der Waals surface area contributed by atoms with Gasteiger partial charge in [0.1, 0.15) is 11.8 Å². The molecular formula is C22H24N6O3. The van der Waals surface area contributed by atoms with Gasteiger partial charge in [-0.2, -0.15) is 5.10 Å². The quantitative estimate of drug-likeness (QED) is 0.372. The van der Waals surface area contributed by atoms with Crippen LogP contribution >= 0.6 is 0 Å². The summed E-state index contributed by atoms with van der Waals surface area (Å²) >= 11 is 0. The number of ketones is 1. The maximum Gasteiger partial charge on any atom is 0.295 e. The summed E-state index contributed by atoms with van der Waals surface area (Å²) in [5.74, 6) is -1.56. The van der Waals surface area contributed by atoms with Crippen LogP contribution in [0.3, 0.4) is 0 Å². The summed E-state index contributed by atoms with van der Waals surface area (Å²) in [5.41, 5.74) is 2.35. The molecule has 9 nitrogen and oxygen atoms in total. The molecule has 3 aromatic rings. The molecule has 1 aliphatic heterocycles. The lowest BCUT2D eigenvalue weighted by molar-refractivity contribution is -0.140. The van der Waals surface area contributed by atoms with E-state index in [0.29, 0.717) is 42.2 Å². The molecule has 1 fully saturated rings. The Morgan fingerprint density at radius 1 is 1.16 bits per heavy atom. The fourth-order valence-corrected chi connectivity index (χ4v) is 4.05. The fraction of sp³-hybridized carbons (Fsp3) is 0.318. The zero-order chi connectivity index (χ0) is 22.1. The van der Waals surface area contributed by atoms with Crippen molar-refractivity contribution in [2.24, 2.45) is 7.05 Å². The summed E-state index contributed by atoms with van der Waals surface area (Å²) in [7, 11) is 1.77. The van der Waals surface area contributed by atoms with E-state index in [2.05, 4.69) is 15.1 Å². The van der Waals surface area contributed by atoms with Gasteiger partial charge in [0, 0.05) is 44.4 Å². The number of aliphatic hydroxyl groups is 1. The number of pyridine rings is 1. The van der Waals surface area contributed by atoms with Gasteiger partial charge >= 0.3 is 0 Å². The van der Waals surface area contributed by atoms with Gasteiger partial charge in [-0.1, -0.05) is 6.07 Å². The first-order valence-corrected chi connectivity index (χ1v) is 10.1. The zero-order valence-electron chi connectivity index (χ0n) is 17.7. The lowest BCUT2D eigenvalue weighted by Gasteiger charge is -2.24. The van der Waals surface area contributed by atoms with Crippen LogP contribution in [-0.4, -0.2) is 52.6 Å². The fourth-order valence-electron chi connectivity index (χ4n) is 4.05. The number of aromatic nitrogens is 5. The van der Waals surface area contributed by atoms with Gasteiger partial charge in [0.05, 0.1) is 28.9 Å². The Morgan fingerprint density at radius 3 is 2.58 bits per heavy atom. The second kappa shape index (κ2) is 8.17. The van der Waals surface area contributed by atoms with Crippen LogP contribution in [0.4, 0.5) is 0 Å². The van der Waals surface area contributed by atoms with Crippen molar-refractivity contribution >= 4 is 17.4 Å². The minimum Gasteiger partial charge on any atom is -0.507 e. The number of likely N-dealkylation sites (tertiary alicyclic amines) is 1. The molecule has 0 bridgehead atoms. The average molecular weight is 420 g/mol. The summed E-state index contributed by atoms with van der Waals surface area (Å²) in [6, 6.07) is 4.57. The van der Waals surface area contributed by atoms with Gasteiger partial charge in [-0.15, -0.1) is 0 Å². The normalized spacial score (nSPS) is 18.2. The highest BCUT2D eigenvalue weighted by molar-refractivity contribution is 6.46. The highest BCUT2D eigenvalue weighted by atomic mass is 16.3. The molecule has 1 atom stereocenters. The van der Waals surface area contributed by atoms with Crippen molar-refractivity contribution in [2.45, 2.75) is 32.9 Å². The molecule has 1 N–H and O–H groups in total. The molecule has 4 rings (SSSR count). The summed E-state index contributed by atoms with van der Waals surface area (Å²) in [6.45, 7) is 4.57. The molecule has 0 aliphatic carbocycles. The minimum absolute atomic E-state index is 0.0468. The number of nitrogens with zero attached hydrogens (tertiary/aromatic N) is 6. The van der Waals surface area contributed by atoms with Gasteiger partial charge in [-0.05, 0) is 32.4 Å². The molecular weight excluding hydrogens is 396 g/mol. The van der Waals surface area contributed by atoms with Gasteiger partial charge in [0.2, 0.25) is 0 Å². The topological polar surface area (TPSA) is 106 Å². The van der Waals surface area contributed by atoms with E-state index in [0.717, 1.165) is 0 Å². The molecule has 1 amide bonds. The molecule has 1 aliphatic rings. The highest BCUT2D eigenvalue weighted by Crippen LogP contribution is 2.39. The van der Waals surface area contributed by atoms with Crippen molar-refractivity contribution < 1.29 is 14.7 Å². The Labute approximate surface area is 179 Å². The first-order valence-electron chi connectivity index (χ1n) is 10.1. The largest absolute Gasteiger partial charge is 0.507 e. The number of aryl methyl sites for hydroxylation is 3. The van der Waals surface area contributed by atoms with Gasteiger partial charge in [0.15, 0.2) is 0 Å². The van der Waals surface area contributed by atoms with Gasteiger partial charge < -0.3 is 14.6 Å². The van der Waals surface area contributed by atoms with Crippen molar-refractivity contribution in [3.05, 3.63) is 71.3 Å². The first kappa shape index (κ1) is 20.5. The van der Waals surface area contributed by atoms with Crippen LogP contribution in [-0.2, 0) is 23.2 Å². The van der Waals surface area contributed by atoms with Crippen LogP contribution in [0.5, 0.6) is 0 Å². The molecule has 0 unspecified atom stereocenters. The summed E-state index contributed by atoms with van der Waals surface area (Å²) < 4.78 is 3.55. The van der Waals surface area contributed by atoms with Crippen molar-refractivity contribution in [1.29, 1.82) is 0 Å². The molecule has 0 saturated carbocycles. The van der Waals surface area contributed by atoms with E-state index in [9.17, 15) is 14.7 Å². The monoisotopic (exact) mass is 420 g/mol. The average Bonchev–Trinajstić information content (AvgIpc) is 3.43. The van der Waals surface area contributed by atoms with Crippen molar-refractivity contribution in [2.75, 3.05) is 6.54 Å². The summed E-state index contributed by atoms with van der Waals surface area (Å²) in [6.07, 6.45) is 7.48. The zero-order valence-corrected chi connectivity index (χ0v) is 17.7. The van der Waals surface area contributed by atoms with Crippen molar-refractivity contribution in [3.63, 3.8) is 0 Å². The second-order valence-electron chi connectivity index (χ2n) is 7.57. The minimum atomic E-state index is -0.761. The Bertz CT molecular complexity index is 1150. The number of aliphatic hydroxyl groups excluding tert-OH is 1. The molecule has 31 heavy (non-hydrogen) atoms. The Hall–Kier alpha value is -3.75. The molecule has 0 spiro atoms. The smallest absolute Gasteiger partial charge is 0.295 e. The highest BCUT2D eigenvalue weighted by Gasteiger charge is 2.46. The molecule has 0 aromatic carbocycles. The van der Waals surface area contributed by atoms with Crippen molar-refractivity contribution in [3.8, 4) is 0 Å². The number of hydrogen-bond acceptors (Lipinski definition) is 6. The van der Waals surface area contributed by atoms with Gasteiger partial charge in [-0.25, -0.2) is 4.98 Å². The van der Waals surface area contributed by atoms with E-state index in [1.807, 2.05) is 17.7 Å². The molecule has 0 radical (unpaired) electrons. The SMILES string of the molecule is Cc1nn(C)c(C)c1/C(O)=C1\C(=O)C(=O)N(CCCn2ccnc2)[C@H]1c1ccccn1. The van der Waals surface area contributed by atoms with E-state index in [4.69, 9.17) is 0 Å². The molecule has 4 heterocycles. The van der Waals surface area contributed by atoms with Gasteiger partial charge in [0.25, 0.3) is 11.7 Å². The number of rotatable bonds is 6. The number of imidazole rings is 1. The maximum atomic E-state index is 13.1. The van der Waals surface area contributed by atoms with Gasteiger partial charge in [-0.3, -0.25) is 19.3 Å². The van der Waals surface area contributed by atoms with E-state index in [1.54, 1.807) is 55.6 Å². The Morgan fingerprint density at radius 2 is 1.97 bits per heavy atom. The molecule has 9 heteroatoms. The maximum absolute atomic E-state index is 13.1. The standard InChI is InChI=1S/C22H24N6O3/c1-14-17(15(2)26(3)25-14)20(29)18-19(16-7-4-5-8-24-16)28(22(31)21(18)30)11-6-10-27-12-9-23-13-27/h4-5,7-9,12-13,19,29H,6,10-11H2,1-3H3/b20-18+/t19-/m0/s1. The van der Waals surface area contributed by atoms with Crippen LogP contribution in [0.1, 0.15) is 35.1 Å². The number of carbonyl (C=O) groups excluding carboxylic acids is 2. The Kier molecular flexibility index (Phi) is 5.41.